The molecule has 7 heteroatoms. The summed E-state index contributed by atoms with van der Waals surface area (Å²) >= 11 is 0. The summed E-state index contributed by atoms with van der Waals surface area (Å²) in [5, 5.41) is 9.98. The molecule has 1 aromatic heterocycles. The summed E-state index contributed by atoms with van der Waals surface area (Å²) in [6.45, 7) is 5.27. The van der Waals surface area contributed by atoms with Crippen molar-refractivity contribution >= 4 is 11.8 Å². The average Bonchev–Trinajstić information content (AvgIpc) is 2.98. The van der Waals surface area contributed by atoms with Crippen molar-refractivity contribution in [2.24, 2.45) is 5.92 Å². The molecule has 0 saturated carbocycles. The first-order valence-corrected chi connectivity index (χ1v) is 7.15. The molecule has 116 valence electrons. The van der Waals surface area contributed by atoms with Crippen LogP contribution >= 0.6 is 0 Å². The van der Waals surface area contributed by atoms with Gasteiger partial charge in [0, 0.05) is 26.0 Å². The van der Waals surface area contributed by atoms with Crippen LogP contribution in [0.25, 0.3) is 0 Å². The fourth-order valence-electron chi connectivity index (χ4n) is 2.31. The number of carbonyl (C=O) groups excluding carboxylic acids is 2. The Morgan fingerprint density at radius 3 is 2.95 bits per heavy atom. The van der Waals surface area contributed by atoms with Gasteiger partial charge in [0.1, 0.15) is 0 Å². The van der Waals surface area contributed by atoms with Gasteiger partial charge >= 0.3 is 0 Å². The van der Waals surface area contributed by atoms with Crippen molar-refractivity contribution in [1.29, 1.82) is 0 Å². The number of hydrogen-bond donors (Lipinski definition) is 2. The van der Waals surface area contributed by atoms with Gasteiger partial charge in [-0.15, -0.1) is 0 Å². The Bertz CT molecular complexity index is 524. The number of aromatic nitrogens is 2. The van der Waals surface area contributed by atoms with Crippen LogP contribution in [0.15, 0.2) is 6.20 Å². The lowest BCUT2D eigenvalue weighted by Crippen LogP contribution is -2.38. The van der Waals surface area contributed by atoms with E-state index in [1.807, 2.05) is 13.8 Å². The SMILES string of the molecule is COCCNC(=O)c1cnn2c1C[C@H](NC(=O)C(C)C)C2. The zero-order chi connectivity index (χ0) is 15.4. The second-order valence-electron chi connectivity index (χ2n) is 5.50. The molecule has 2 heterocycles. The predicted molar refractivity (Wildman–Crippen MR) is 76.9 cm³/mol. The van der Waals surface area contributed by atoms with Gasteiger partial charge in [-0.25, -0.2) is 0 Å². The second-order valence-corrected chi connectivity index (χ2v) is 5.50. The predicted octanol–water partition coefficient (Wildman–Crippen LogP) is -0.0438. The van der Waals surface area contributed by atoms with Gasteiger partial charge in [0.05, 0.1) is 36.6 Å². The van der Waals surface area contributed by atoms with Crippen LogP contribution < -0.4 is 10.6 Å². The van der Waals surface area contributed by atoms with Crippen LogP contribution in [0.2, 0.25) is 0 Å². The van der Waals surface area contributed by atoms with E-state index in [0.717, 1.165) is 5.69 Å². The molecule has 1 aliphatic heterocycles. The standard InChI is InChI=1S/C14H22N4O3/c1-9(2)13(19)17-10-6-12-11(7-16-18(12)8-10)14(20)15-4-5-21-3/h7,9-10H,4-6,8H2,1-3H3,(H,15,20)(H,17,19)/t10-/m0/s1. The first-order valence-electron chi connectivity index (χ1n) is 7.15. The fraction of sp³-hybridized carbons (Fsp3) is 0.643. The van der Waals surface area contributed by atoms with Gasteiger partial charge in [0.25, 0.3) is 5.91 Å². The molecule has 0 saturated heterocycles. The van der Waals surface area contributed by atoms with E-state index in [9.17, 15) is 9.59 Å². The van der Waals surface area contributed by atoms with E-state index in [0.29, 0.717) is 31.7 Å². The highest BCUT2D eigenvalue weighted by Crippen LogP contribution is 2.19. The van der Waals surface area contributed by atoms with E-state index in [1.165, 1.54) is 0 Å². The minimum atomic E-state index is -0.149. The highest BCUT2D eigenvalue weighted by atomic mass is 16.5. The molecular formula is C14H22N4O3. The summed E-state index contributed by atoms with van der Waals surface area (Å²) in [6, 6.07) is 0.00845. The van der Waals surface area contributed by atoms with Gasteiger partial charge in [0.15, 0.2) is 0 Å². The third-order valence-electron chi connectivity index (χ3n) is 3.49. The first kappa shape index (κ1) is 15.5. The Balaban J connectivity index is 1.96. The topological polar surface area (TPSA) is 85.2 Å². The average molecular weight is 294 g/mol. The number of amides is 2. The van der Waals surface area contributed by atoms with E-state index in [4.69, 9.17) is 4.74 Å². The fourth-order valence-corrected chi connectivity index (χ4v) is 2.31. The van der Waals surface area contributed by atoms with E-state index in [2.05, 4.69) is 15.7 Å². The summed E-state index contributed by atoms with van der Waals surface area (Å²) < 4.78 is 6.69. The van der Waals surface area contributed by atoms with Crippen LogP contribution in [-0.2, 0) is 22.5 Å². The van der Waals surface area contributed by atoms with Crippen LogP contribution in [-0.4, -0.2) is 47.9 Å². The molecule has 0 unspecified atom stereocenters. The minimum Gasteiger partial charge on any atom is -0.383 e. The number of nitrogens with zero attached hydrogens (tertiary/aromatic N) is 2. The van der Waals surface area contributed by atoms with Crippen LogP contribution in [0.3, 0.4) is 0 Å². The first-order chi connectivity index (χ1) is 10.0. The third-order valence-corrected chi connectivity index (χ3v) is 3.49. The quantitative estimate of drug-likeness (QED) is 0.721. The largest absolute Gasteiger partial charge is 0.383 e. The molecule has 1 aromatic rings. The van der Waals surface area contributed by atoms with E-state index in [1.54, 1.807) is 18.0 Å². The summed E-state index contributed by atoms with van der Waals surface area (Å²) in [6.07, 6.45) is 2.21. The van der Waals surface area contributed by atoms with Crippen molar-refractivity contribution in [3.05, 3.63) is 17.5 Å². The Labute approximate surface area is 124 Å². The third kappa shape index (κ3) is 3.60. The number of fused-ring (bicyclic) bond motifs is 1. The Morgan fingerprint density at radius 1 is 1.52 bits per heavy atom. The van der Waals surface area contributed by atoms with Gasteiger partial charge in [0.2, 0.25) is 5.91 Å². The van der Waals surface area contributed by atoms with Gasteiger partial charge < -0.3 is 15.4 Å². The molecule has 2 amide bonds. The van der Waals surface area contributed by atoms with Crippen molar-refractivity contribution in [1.82, 2.24) is 20.4 Å². The molecule has 7 nitrogen and oxygen atoms in total. The maximum absolute atomic E-state index is 12.1. The highest BCUT2D eigenvalue weighted by molar-refractivity contribution is 5.95. The molecule has 1 atom stereocenters. The van der Waals surface area contributed by atoms with Crippen molar-refractivity contribution in [2.45, 2.75) is 32.9 Å². The lowest BCUT2D eigenvalue weighted by molar-refractivity contribution is -0.124. The lowest BCUT2D eigenvalue weighted by Gasteiger charge is -2.13. The molecule has 0 bridgehead atoms. The van der Waals surface area contributed by atoms with E-state index >= 15 is 0 Å². The van der Waals surface area contributed by atoms with E-state index in [-0.39, 0.29) is 23.8 Å². The van der Waals surface area contributed by atoms with Crippen LogP contribution in [0.4, 0.5) is 0 Å². The molecule has 21 heavy (non-hydrogen) atoms. The molecule has 2 N–H and O–H groups in total. The molecule has 0 radical (unpaired) electrons. The second kappa shape index (κ2) is 6.71. The molecule has 2 rings (SSSR count). The van der Waals surface area contributed by atoms with Crippen molar-refractivity contribution < 1.29 is 14.3 Å². The molecule has 1 aliphatic rings. The Kier molecular flexibility index (Phi) is 4.95. The van der Waals surface area contributed by atoms with E-state index < -0.39 is 0 Å². The zero-order valence-electron chi connectivity index (χ0n) is 12.7. The van der Waals surface area contributed by atoms with Crippen molar-refractivity contribution in [3.63, 3.8) is 0 Å². The van der Waals surface area contributed by atoms with Crippen LogP contribution in [0.1, 0.15) is 29.9 Å². The maximum Gasteiger partial charge on any atom is 0.254 e. The molecule has 0 spiro atoms. The number of nitrogens with one attached hydrogen (secondary N) is 2. The number of ether oxygens (including phenoxy) is 1. The Hall–Kier alpha value is -1.89. The van der Waals surface area contributed by atoms with Crippen LogP contribution in [0.5, 0.6) is 0 Å². The maximum atomic E-state index is 12.1. The number of carbonyl (C=O) groups is 2. The van der Waals surface area contributed by atoms with Gasteiger partial charge in [-0.05, 0) is 0 Å². The molecule has 0 fully saturated rings. The van der Waals surface area contributed by atoms with Crippen molar-refractivity contribution in [3.8, 4) is 0 Å². The molecular weight excluding hydrogens is 272 g/mol. The number of rotatable bonds is 6. The van der Waals surface area contributed by atoms with Gasteiger partial charge in [-0.1, -0.05) is 13.8 Å². The molecule has 0 aliphatic carbocycles. The van der Waals surface area contributed by atoms with Crippen molar-refractivity contribution in [2.75, 3.05) is 20.3 Å². The van der Waals surface area contributed by atoms with Crippen LogP contribution in [0, 0.1) is 5.92 Å². The monoisotopic (exact) mass is 294 g/mol. The number of methoxy groups -OCH3 is 1. The normalized spacial score (nSPS) is 16.9. The highest BCUT2D eigenvalue weighted by Gasteiger charge is 2.28. The van der Waals surface area contributed by atoms with Gasteiger partial charge in [-0.2, -0.15) is 5.10 Å². The summed E-state index contributed by atoms with van der Waals surface area (Å²) in [5.74, 6) is -0.171. The summed E-state index contributed by atoms with van der Waals surface area (Å²) in [7, 11) is 1.59. The van der Waals surface area contributed by atoms with Gasteiger partial charge in [-0.3, -0.25) is 14.3 Å². The minimum absolute atomic E-state index is 0.00845. The Morgan fingerprint density at radius 2 is 2.29 bits per heavy atom. The zero-order valence-corrected chi connectivity index (χ0v) is 12.7. The summed E-state index contributed by atoms with van der Waals surface area (Å²) in [5.41, 5.74) is 1.45. The smallest absolute Gasteiger partial charge is 0.254 e. The summed E-state index contributed by atoms with van der Waals surface area (Å²) in [4.78, 5) is 23.8. The number of hydrogen-bond acceptors (Lipinski definition) is 4. The lowest BCUT2D eigenvalue weighted by atomic mass is 10.1. The molecule has 0 aromatic carbocycles.